The standard InChI is InChI=1S/C15H22N4O2/c1-2-19(10-12-5-7-16-8-6-12)11-14-17-15(21-18-14)13-4-3-9-20-13/h3-4,9,12,16H,2,5-8,10-11H2,1H3. The first-order valence-corrected chi connectivity index (χ1v) is 7.64. The van der Waals surface area contributed by atoms with E-state index >= 15 is 0 Å². The summed E-state index contributed by atoms with van der Waals surface area (Å²) in [6.07, 6.45) is 4.11. The average Bonchev–Trinajstić information content (AvgIpc) is 3.18. The van der Waals surface area contributed by atoms with Gasteiger partial charge in [0.1, 0.15) is 0 Å². The fourth-order valence-corrected chi connectivity index (χ4v) is 2.75. The molecule has 0 amide bonds. The highest BCUT2D eigenvalue weighted by molar-refractivity contribution is 5.42. The highest BCUT2D eigenvalue weighted by atomic mass is 16.5. The second-order valence-electron chi connectivity index (χ2n) is 5.51. The first-order valence-electron chi connectivity index (χ1n) is 7.64. The molecule has 0 atom stereocenters. The van der Waals surface area contributed by atoms with E-state index in [-0.39, 0.29) is 0 Å². The zero-order chi connectivity index (χ0) is 14.5. The van der Waals surface area contributed by atoms with Crippen molar-refractivity contribution < 1.29 is 8.94 Å². The quantitative estimate of drug-likeness (QED) is 0.879. The Labute approximate surface area is 124 Å². The van der Waals surface area contributed by atoms with Crippen LogP contribution in [0.2, 0.25) is 0 Å². The lowest BCUT2D eigenvalue weighted by atomic mass is 9.97. The van der Waals surface area contributed by atoms with Crippen molar-refractivity contribution in [3.63, 3.8) is 0 Å². The van der Waals surface area contributed by atoms with Crippen LogP contribution in [0, 0.1) is 5.92 Å². The van der Waals surface area contributed by atoms with Gasteiger partial charge in [-0.05, 0) is 50.5 Å². The van der Waals surface area contributed by atoms with E-state index in [1.54, 1.807) is 6.26 Å². The Bertz CT molecular complexity index is 532. The summed E-state index contributed by atoms with van der Waals surface area (Å²) in [6.45, 7) is 7.26. The van der Waals surface area contributed by atoms with Gasteiger partial charge in [0.15, 0.2) is 11.6 Å². The topological polar surface area (TPSA) is 67.3 Å². The molecule has 0 spiro atoms. The Morgan fingerprint density at radius 2 is 2.24 bits per heavy atom. The number of rotatable bonds is 6. The molecule has 3 heterocycles. The molecule has 2 aromatic rings. The molecule has 0 saturated carbocycles. The van der Waals surface area contributed by atoms with Crippen molar-refractivity contribution in [3.05, 3.63) is 24.2 Å². The molecule has 0 bridgehead atoms. The highest BCUT2D eigenvalue weighted by Gasteiger charge is 2.18. The zero-order valence-corrected chi connectivity index (χ0v) is 12.4. The van der Waals surface area contributed by atoms with Crippen LogP contribution in [0.25, 0.3) is 11.7 Å². The Hall–Kier alpha value is -1.66. The number of hydrogen-bond acceptors (Lipinski definition) is 6. The molecule has 1 N–H and O–H groups in total. The third-order valence-electron chi connectivity index (χ3n) is 3.99. The minimum Gasteiger partial charge on any atom is -0.459 e. The van der Waals surface area contributed by atoms with Gasteiger partial charge in [0, 0.05) is 6.54 Å². The molecule has 6 nitrogen and oxygen atoms in total. The Morgan fingerprint density at radius 3 is 2.95 bits per heavy atom. The maximum absolute atomic E-state index is 5.27. The van der Waals surface area contributed by atoms with E-state index in [4.69, 9.17) is 8.94 Å². The molecule has 1 fully saturated rings. The minimum atomic E-state index is 0.452. The summed E-state index contributed by atoms with van der Waals surface area (Å²) in [5.74, 6) is 2.56. The molecule has 114 valence electrons. The van der Waals surface area contributed by atoms with E-state index in [0.717, 1.165) is 44.5 Å². The van der Waals surface area contributed by atoms with Gasteiger partial charge in [0.2, 0.25) is 0 Å². The molecular formula is C15H22N4O2. The summed E-state index contributed by atoms with van der Waals surface area (Å²) in [4.78, 5) is 6.79. The molecule has 21 heavy (non-hydrogen) atoms. The summed E-state index contributed by atoms with van der Waals surface area (Å²) in [5.41, 5.74) is 0. The van der Waals surface area contributed by atoms with Crippen LogP contribution >= 0.6 is 0 Å². The van der Waals surface area contributed by atoms with Gasteiger partial charge in [-0.3, -0.25) is 4.90 Å². The van der Waals surface area contributed by atoms with Crippen molar-refractivity contribution >= 4 is 0 Å². The van der Waals surface area contributed by atoms with Gasteiger partial charge in [-0.15, -0.1) is 0 Å². The predicted octanol–water partition coefficient (Wildman–Crippen LogP) is 2.15. The van der Waals surface area contributed by atoms with Gasteiger partial charge in [-0.25, -0.2) is 0 Å². The van der Waals surface area contributed by atoms with Crippen molar-refractivity contribution in [2.75, 3.05) is 26.2 Å². The SMILES string of the molecule is CCN(Cc1noc(-c2ccco2)n1)CC1CCNCC1. The van der Waals surface area contributed by atoms with Crippen LogP contribution in [0.5, 0.6) is 0 Å². The first kappa shape index (κ1) is 14.3. The second-order valence-corrected chi connectivity index (χ2v) is 5.51. The van der Waals surface area contributed by atoms with Crippen LogP contribution in [0.15, 0.2) is 27.3 Å². The number of hydrogen-bond donors (Lipinski definition) is 1. The van der Waals surface area contributed by atoms with E-state index in [1.165, 1.54) is 12.8 Å². The Balaban J connectivity index is 1.58. The van der Waals surface area contributed by atoms with E-state index in [1.807, 2.05) is 12.1 Å². The number of nitrogens with one attached hydrogen (secondary N) is 1. The molecule has 0 radical (unpaired) electrons. The summed E-state index contributed by atoms with van der Waals surface area (Å²) in [7, 11) is 0. The molecule has 1 aliphatic rings. The molecule has 3 rings (SSSR count). The monoisotopic (exact) mass is 290 g/mol. The van der Waals surface area contributed by atoms with Crippen molar-refractivity contribution in [1.82, 2.24) is 20.4 Å². The van der Waals surface area contributed by atoms with E-state index in [0.29, 0.717) is 11.7 Å². The van der Waals surface area contributed by atoms with Crippen LogP contribution < -0.4 is 5.32 Å². The van der Waals surface area contributed by atoms with Crippen molar-refractivity contribution in [2.45, 2.75) is 26.3 Å². The molecule has 2 aromatic heterocycles. The molecule has 0 aliphatic carbocycles. The maximum atomic E-state index is 5.27. The van der Waals surface area contributed by atoms with Crippen molar-refractivity contribution in [2.24, 2.45) is 5.92 Å². The number of aromatic nitrogens is 2. The zero-order valence-electron chi connectivity index (χ0n) is 12.4. The van der Waals surface area contributed by atoms with Gasteiger partial charge in [0.05, 0.1) is 12.8 Å². The number of nitrogens with zero attached hydrogens (tertiary/aromatic N) is 3. The predicted molar refractivity (Wildman–Crippen MR) is 78.5 cm³/mol. The van der Waals surface area contributed by atoms with Gasteiger partial charge in [-0.1, -0.05) is 12.1 Å². The highest BCUT2D eigenvalue weighted by Crippen LogP contribution is 2.18. The number of furan rings is 1. The van der Waals surface area contributed by atoms with Gasteiger partial charge in [0.25, 0.3) is 5.89 Å². The molecule has 6 heteroatoms. The van der Waals surface area contributed by atoms with E-state index in [2.05, 4.69) is 27.3 Å². The van der Waals surface area contributed by atoms with Crippen LogP contribution in [0.1, 0.15) is 25.6 Å². The molecule has 1 saturated heterocycles. The summed E-state index contributed by atoms with van der Waals surface area (Å²) < 4.78 is 10.5. The largest absolute Gasteiger partial charge is 0.459 e. The van der Waals surface area contributed by atoms with Crippen LogP contribution in [-0.4, -0.2) is 41.2 Å². The first-order chi connectivity index (χ1) is 10.3. The van der Waals surface area contributed by atoms with E-state index < -0.39 is 0 Å². The smallest absolute Gasteiger partial charge is 0.293 e. The third kappa shape index (κ3) is 3.71. The summed E-state index contributed by atoms with van der Waals surface area (Å²) in [6, 6.07) is 3.64. The maximum Gasteiger partial charge on any atom is 0.293 e. The second kappa shape index (κ2) is 6.87. The van der Waals surface area contributed by atoms with Gasteiger partial charge >= 0.3 is 0 Å². The molecular weight excluding hydrogens is 268 g/mol. The normalized spacial score (nSPS) is 16.7. The fourth-order valence-electron chi connectivity index (χ4n) is 2.75. The minimum absolute atomic E-state index is 0.452. The number of piperidine rings is 1. The lowest BCUT2D eigenvalue weighted by Gasteiger charge is -2.28. The molecule has 1 aliphatic heterocycles. The van der Waals surface area contributed by atoms with Crippen LogP contribution in [-0.2, 0) is 6.54 Å². The van der Waals surface area contributed by atoms with E-state index in [9.17, 15) is 0 Å². The van der Waals surface area contributed by atoms with Crippen molar-refractivity contribution in [1.29, 1.82) is 0 Å². The van der Waals surface area contributed by atoms with Gasteiger partial charge in [-0.2, -0.15) is 4.98 Å². The summed E-state index contributed by atoms with van der Waals surface area (Å²) in [5, 5.41) is 7.46. The lowest BCUT2D eigenvalue weighted by molar-refractivity contribution is 0.201. The molecule has 0 aromatic carbocycles. The Kier molecular flexibility index (Phi) is 4.67. The van der Waals surface area contributed by atoms with Gasteiger partial charge < -0.3 is 14.3 Å². The fraction of sp³-hybridized carbons (Fsp3) is 0.600. The lowest BCUT2D eigenvalue weighted by Crippen LogP contribution is -2.36. The molecule has 0 unspecified atom stereocenters. The van der Waals surface area contributed by atoms with Crippen LogP contribution in [0.4, 0.5) is 0 Å². The van der Waals surface area contributed by atoms with Crippen molar-refractivity contribution in [3.8, 4) is 11.7 Å². The summed E-state index contributed by atoms with van der Waals surface area (Å²) >= 11 is 0. The van der Waals surface area contributed by atoms with Crippen LogP contribution in [0.3, 0.4) is 0 Å². The average molecular weight is 290 g/mol. The third-order valence-corrected chi connectivity index (χ3v) is 3.99. The Morgan fingerprint density at radius 1 is 1.38 bits per heavy atom.